The Morgan fingerprint density at radius 1 is 1.35 bits per heavy atom. The molecule has 5 N–H and O–H groups in total. The van der Waals surface area contributed by atoms with Crippen molar-refractivity contribution < 1.29 is 14.4 Å². The molecule has 1 heterocycles. The zero-order valence-corrected chi connectivity index (χ0v) is 12.1. The van der Waals surface area contributed by atoms with Gasteiger partial charge in [-0.1, -0.05) is 13.8 Å². The predicted molar refractivity (Wildman–Crippen MR) is 74.6 cm³/mol. The summed E-state index contributed by atoms with van der Waals surface area (Å²) in [7, 11) is 0. The molecule has 0 aromatic carbocycles. The molecule has 1 rings (SSSR count). The molecule has 1 fully saturated rings. The van der Waals surface area contributed by atoms with Crippen molar-refractivity contribution in [3.63, 3.8) is 0 Å². The minimum atomic E-state index is -0.630. The van der Waals surface area contributed by atoms with E-state index in [9.17, 15) is 14.4 Å². The highest BCUT2D eigenvalue weighted by molar-refractivity contribution is 5.99. The number of carbonyl (C=O) groups excluding carboxylic acids is 3. The van der Waals surface area contributed by atoms with E-state index in [-0.39, 0.29) is 24.4 Å². The number of hydrogen-bond donors (Lipinski definition) is 4. The second-order valence-corrected chi connectivity index (χ2v) is 5.52. The minimum Gasteiger partial charge on any atom is -0.346 e. The monoisotopic (exact) mass is 284 g/mol. The third-order valence-corrected chi connectivity index (χ3v) is 3.12. The Bertz CT molecular complexity index is 365. The summed E-state index contributed by atoms with van der Waals surface area (Å²) in [4.78, 5) is 34.8. The maximum Gasteiger partial charge on any atom is 0.245 e. The number of imide groups is 1. The van der Waals surface area contributed by atoms with Gasteiger partial charge in [0.25, 0.3) is 0 Å². The fourth-order valence-electron chi connectivity index (χ4n) is 2.09. The summed E-state index contributed by atoms with van der Waals surface area (Å²) in [5, 5.41) is 7.69. The highest BCUT2D eigenvalue weighted by atomic mass is 16.2. The van der Waals surface area contributed by atoms with Crippen LogP contribution >= 0.6 is 0 Å². The predicted octanol–water partition coefficient (Wildman–Crippen LogP) is -1.13. The molecule has 7 nitrogen and oxygen atoms in total. The van der Waals surface area contributed by atoms with E-state index in [1.165, 1.54) is 0 Å². The van der Waals surface area contributed by atoms with Crippen molar-refractivity contribution in [2.45, 2.75) is 45.2 Å². The van der Waals surface area contributed by atoms with E-state index in [1.54, 1.807) is 0 Å². The Balaban J connectivity index is 2.25. The summed E-state index contributed by atoms with van der Waals surface area (Å²) in [5.74, 6) is -0.929. The van der Waals surface area contributed by atoms with Gasteiger partial charge in [0.2, 0.25) is 17.7 Å². The van der Waals surface area contributed by atoms with Crippen LogP contribution in [0.3, 0.4) is 0 Å². The molecule has 1 saturated heterocycles. The van der Waals surface area contributed by atoms with Crippen molar-refractivity contribution >= 4 is 17.7 Å². The van der Waals surface area contributed by atoms with Gasteiger partial charge in [0.05, 0.1) is 18.6 Å². The van der Waals surface area contributed by atoms with Gasteiger partial charge in [-0.3, -0.25) is 19.7 Å². The maximum atomic E-state index is 11.6. The SMILES string of the molecule is CC(C)C[C@@H](N)C(=O)NCC(=O)NC(=O)[C@H]1CCCN1. The molecule has 0 radical (unpaired) electrons. The molecule has 0 spiro atoms. The minimum absolute atomic E-state index is 0.233. The average Bonchev–Trinajstić information content (AvgIpc) is 2.88. The van der Waals surface area contributed by atoms with Crippen molar-refractivity contribution in [3.05, 3.63) is 0 Å². The third kappa shape index (κ3) is 5.66. The van der Waals surface area contributed by atoms with Crippen LogP contribution in [0.2, 0.25) is 0 Å². The second-order valence-electron chi connectivity index (χ2n) is 5.52. The molecule has 2 atom stereocenters. The Hall–Kier alpha value is -1.47. The smallest absolute Gasteiger partial charge is 0.245 e. The van der Waals surface area contributed by atoms with Crippen molar-refractivity contribution in [3.8, 4) is 0 Å². The molecular weight excluding hydrogens is 260 g/mol. The van der Waals surface area contributed by atoms with Gasteiger partial charge < -0.3 is 16.4 Å². The van der Waals surface area contributed by atoms with Crippen molar-refractivity contribution in [1.29, 1.82) is 0 Å². The Labute approximate surface area is 119 Å². The summed E-state index contributed by atoms with van der Waals surface area (Å²) in [6.07, 6.45) is 2.20. The lowest BCUT2D eigenvalue weighted by molar-refractivity contribution is -0.133. The van der Waals surface area contributed by atoms with Crippen LogP contribution in [-0.2, 0) is 14.4 Å². The van der Waals surface area contributed by atoms with Crippen LogP contribution in [0.15, 0.2) is 0 Å². The Morgan fingerprint density at radius 3 is 2.60 bits per heavy atom. The molecule has 7 heteroatoms. The van der Waals surface area contributed by atoms with Gasteiger partial charge in [-0.15, -0.1) is 0 Å². The van der Waals surface area contributed by atoms with Crippen LogP contribution in [0.25, 0.3) is 0 Å². The Kier molecular flexibility index (Phi) is 6.60. The number of rotatable bonds is 6. The van der Waals surface area contributed by atoms with Crippen molar-refractivity contribution in [2.24, 2.45) is 11.7 Å². The van der Waals surface area contributed by atoms with Gasteiger partial charge >= 0.3 is 0 Å². The number of hydrogen-bond acceptors (Lipinski definition) is 5. The largest absolute Gasteiger partial charge is 0.346 e. The van der Waals surface area contributed by atoms with Crippen LogP contribution in [0.5, 0.6) is 0 Å². The van der Waals surface area contributed by atoms with E-state index in [0.29, 0.717) is 12.3 Å². The molecule has 3 amide bonds. The van der Waals surface area contributed by atoms with Gasteiger partial charge in [-0.05, 0) is 31.7 Å². The normalized spacial score (nSPS) is 19.7. The highest BCUT2D eigenvalue weighted by Crippen LogP contribution is 2.04. The summed E-state index contributed by atoms with van der Waals surface area (Å²) >= 11 is 0. The first-order valence-corrected chi connectivity index (χ1v) is 7.00. The maximum absolute atomic E-state index is 11.6. The molecule has 1 aliphatic rings. The molecular formula is C13H24N4O3. The zero-order valence-electron chi connectivity index (χ0n) is 12.1. The van der Waals surface area contributed by atoms with Crippen LogP contribution < -0.4 is 21.7 Å². The van der Waals surface area contributed by atoms with E-state index in [0.717, 1.165) is 19.4 Å². The molecule has 0 aromatic rings. The van der Waals surface area contributed by atoms with Crippen LogP contribution in [0.4, 0.5) is 0 Å². The molecule has 0 bridgehead atoms. The van der Waals surface area contributed by atoms with Crippen molar-refractivity contribution in [2.75, 3.05) is 13.1 Å². The third-order valence-electron chi connectivity index (χ3n) is 3.12. The van der Waals surface area contributed by atoms with E-state index >= 15 is 0 Å². The van der Waals surface area contributed by atoms with Crippen LogP contribution in [-0.4, -0.2) is 42.9 Å². The van der Waals surface area contributed by atoms with E-state index < -0.39 is 11.9 Å². The van der Waals surface area contributed by atoms with E-state index in [4.69, 9.17) is 5.73 Å². The van der Waals surface area contributed by atoms with Crippen LogP contribution in [0, 0.1) is 5.92 Å². The van der Waals surface area contributed by atoms with Gasteiger partial charge in [-0.2, -0.15) is 0 Å². The first-order valence-electron chi connectivity index (χ1n) is 7.00. The lowest BCUT2D eigenvalue weighted by Gasteiger charge is -2.14. The fourth-order valence-corrected chi connectivity index (χ4v) is 2.09. The highest BCUT2D eigenvalue weighted by Gasteiger charge is 2.23. The van der Waals surface area contributed by atoms with E-state index in [1.807, 2.05) is 13.8 Å². The molecule has 0 aromatic heterocycles. The number of carbonyl (C=O) groups is 3. The second kappa shape index (κ2) is 7.96. The van der Waals surface area contributed by atoms with Crippen molar-refractivity contribution in [1.82, 2.24) is 16.0 Å². The molecule has 1 aliphatic heterocycles. The average molecular weight is 284 g/mol. The van der Waals surface area contributed by atoms with Gasteiger partial charge in [0.1, 0.15) is 0 Å². The summed E-state index contributed by atoms with van der Waals surface area (Å²) in [6.45, 7) is 4.48. The molecule has 0 unspecified atom stereocenters. The number of amides is 3. The zero-order chi connectivity index (χ0) is 15.1. The summed E-state index contributed by atoms with van der Waals surface area (Å²) in [6, 6.07) is -0.937. The summed E-state index contributed by atoms with van der Waals surface area (Å²) < 4.78 is 0. The topological polar surface area (TPSA) is 113 Å². The molecule has 0 saturated carbocycles. The molecule has 0 aliphatic carbocycles. The number of nitrogens with one attached hydrogen (secondary N) is 3. The van der Waals surface area contributed by atoms with Gasteiger partial charge in [0, 0.05) is 0 Å². The first kappa shape index (κ1) is 16.6. The molecule has 20 heavy (non-hydrogen) atoms. The Morgan fingerprint density at radius 2 is 2.05 bits per heavy atom. The standard InChI is InChI=1S/C13H24N4O3/c1-8(2)6-9(14)12(19)16-7-11(18)17-13(20)10-4-3-5-15-10/h8-10,15H,3-7,14H2,1-2H3,(H,16,19)(H,17,18,20)/t9-,10-/m1/s1. The first-order chi connectivity index (χ1) is 9.40. The fraction of sp³-hybridized carbons (Fsp3) is 0.769. The molecule has 114 valence electrons. The van der Waals surface area contributed by atoms with E-state index in [2.05, 4.69) is 16.0 Å². The van der Waals surface area contributed by atoms with Gasteiger partial charge in [0.15, 0.2) is 0 Å². The van der Waals surface area contributed by atoms with Crippen LogP contribution in [0.1, 0.15) is 33.1 Å². The lowest BCUT2D eigenvalue weighted by Crippen LogP contribution is -2.49. The summed E-state index contributed by atoms with van der Waals surface area (Å²) in [5.41, 5.74) is 5.68. The quantitative estimate of drug-likeness (QED) is 0.493. The lowest BCUT2D eigenvalue weighted by atomic mass is 10.0. The van der Waals surface area contributed by atoms with Gasteiger partial charge in [-0.25, -0.2) is 0 Å². The number of nitrogens with two attached hydrogens (primary N) is 1.